The molecule has 0 aromatic carbocycles. The summed E-state index contributed by atoms with van der Waals surface area (Å²) in [6.07, 6.45) is 6.90. The highest BCUT2D eigenvalue weighted by Crippen LogP contribution is 2.10. The summed E-state index contributed by atoms with van der Waals surface area (Å²) in [5.41, 5.74) is 5.54. The third-order valence-electron chi connectivity index (χ3n) is 2.12. The van der Waals surface area contributed by atoms with Crippen LogP contribution in [-0.2, 0) is 6.54 Å². The number of aromatic nitrogens is 2. The lowest BCUT2D eigenvalue weighted by molar-refractivity contribution is 0.0925. The standard InChI is InChI=1S/C11H16N4O/c1-5-11(3,4)13-10(16)9-8(12)7-15(6-2)14-9/h1,7H,6,12H2,2-4H3,(H,13,16). The SMILES string of the molecule is C#CC(C)(C)NC(=O)c1nn(CC)cc1N. The molecule has 0 aliphatic rings. The lowest BCUT2D eigenvalue weighted by atomic mass is 10.1. The van der Waals surface area contributed by atoms with Crippen molar-refractivity contribution in [3.8, 4) is 12.3 Å². The minimum absolute atomic E-state index is 0.213. The molecule has 0 aliphatic heterocycles. The summed E-state index contributed by atoms with van der Waals surface area (Å²) >= 11 is 0. The van der Waals surface area contributed by atoms with E-state index in [1.165, 1.54) is 0 Å². The molecule has 0 radical (unpaired) electrons. The van der Waals surface area contributed by atoms with E-state index in [0.717, 1.165) is 0 Å². The Labute approximate surface area is 95.0 Å². The van der Waals surface area contributed by atoms with Gasteiger partial charge in [-0.1, -0.05) is 5.92 Å². The third-order valence-corrected chi connectivity index (χ3v) is 2.12. The van der Waals surface area contributed by atoms with Crippen LogP contribution in [0.4, 0.5) is 5.69 Å². The smallest absolute Gasteiger partial charge is 0.275 e. The van der Waals surface area contributed by atoms with Gasteiger partial charge in [-0.3, -0.25) is 9.48 Å². The number of carbonyl (C=O) groups is 1. The van der Waals surface area contributed by atoms with E-state index in [4.69, 9.17) is 12.2 Å². The number of anilines is 1. The number of nitrogen functional groups attached to an aromatic ring is 1. The number of nitrogens with one attached hydrogen (secondary N) is 1. The normalized spacial score (nSPS) is 10.9. The highest BCUT2D eigenvalue weighted by atomic mass is 16.2. The van der Waals surface area contributed by atoms with Crippen LogP contribution in [0.15, 0.2) is 6.20 Å². The molecule has 0 aliphatic carbocycles. The molecular formula is C11H16N4O. The minimum atomic E-state index is -0.709. The van der Waals surface area contributed by atoms with Crippen LogP contribution in [0.5, 0.6) is 0 Å². The van der Waals surface area contributed by atoms with Crippen LogP contribution >= 0.6 is 0 Å². The molecule has 5 nitrogen and oxygen atoms in total. The number of aryl methyl sites for hydroxylation is 1. The van der Waals surface area contributed by atoms with Crippen LogP contribution in [0.3, 0.4) is 0 Å². The molecule has 0 spiro atoms. The van der Waals surface area contributed by atoms with Crippen molar-refractivity contribution in [2.75, 3.05) is 5.73 Å². The topological polar surface area (TPSA) is 72.9 Å². The molecule has 5 heteroatoms. The van der Waals surface area contributed by atoms with Gasteiger partial charge in [0.2, 0.25) is 0 Å². The molecule has 1 aromatic rings. The lowest BCUT2D eigenvalue weighted by Gasteiger charge is -2.18. The highest BCUT2D eigenvalue weighted by Gasteiger charge is 2.21. The predicted octanol–water partition coefficient (Wildman–Crippen LogP) is 0.627. The van der Waals surface area contributed by atoms with Crippen molar-refractivity contribution in [2.24, 2.45) is 0 Å². The van der Waals surface area contributed by atoms with Gasteiger partial charge in [0.25, 0.3) is 5.91 Å². The van der Waals surface area contributed by atoms with Crippen LogP contribution in [0.1, 0.15) is 31.3 Å². The van der Waals surface area contributed by atoms with E-state index in [2.05, 4.69) is 16.3 Å². The molecule has 16 heavy (non-hydrogen) atoms. The summed E-state index contributed by atoms with van der Waals surface area (Å²) in [6.45, 7) is 6.05. The molecule has 0 saturated carbocycles. The van der Waals surface area contributed by atoms with Gasteiger partial charge in [0, 0.05) is 12.7 Å². The summed E-state index contributed by atoms with van der Waals surface area (Å²) in [7, 11) is 0. The van der Waals surface area contributed by atoms with Crippen molar-refractivity contribution in [3.63, 3.8) is 0 Å². The summed E-state index contributed by atoms with van der Waals surface area (Å²) < 4.78 is 1.60. The van der Waals surface area contributed by atoms with Crippen molar-refractivity contribution in [1.82, 2.24) is 15.1 Å². The number of rotatable bonds is 3. The van der Waals surface area contributed by atoms with E-state index in [1.807, 2.05) is 6.92 Å². The quantitative estimate of drug-likeness (QED) is 0.734. The predicted molar refractivity (Wildman–Crippen MR) is 62.7 cm³/mol. The number of hydrogen-bond acceptors (Lipinski definition) is 3. The van der Waals surface area contributed by atoms with Crippen molar-refractivity contribution in [3.05, 3.63) is 11.9 Å². The Bertz CT molecular complexity index is 439. The van der Waals surface area contributed by atoms with Gasteiger partial charge in [-0.2, -0.15) is 5.10 Å². The Hall–Kier alpha value is -1.96. The van der Waals surface area contributed by atoms with Gasteiger partial charge in [-0.15, -0.1) is 6.42 Å². The van der Waals surface area contributed by atoms with E-state index in [1.54, 1.807) is 24.7 Å². The van der Waals surface area contributed by atoms with Gasteiger partial charge in [0.15, 0.2) is 5.69 Å². The van der Waals surface area contributed by atoms with Gasteiger partial charge in [-0.25, -0.2) is 0 Å². The molecule has 1 amide bonds. The van der Waals surface area contributed by atoms with E-state index in [-0.39, 0.29) is 11.6 Å². The number of terminal acetylenes is 1. The fourth-order valence-electron chi connectivity index (χ4n) is 1.15. The molecule has 0 bridgehead atoms. The summed E-state index contributed by atoms with van der Waals surface area (Å²) in [4.78, 5) is 11.8. The Kier molecular flexibility index (Phi) is 3.23. The number of hydrogen-bond donors (Lipinski definition) is 2. The number of amides is 1. The third kappa shape index (κ3) is 2.54. The maximum absolute atomic E-state index is 11.8. The summed E-state index contributed by atoms with van der Waals surface area (Å²) in [6, 6.07) is 0. The average molecular weight is 220 g/mol. The van der Waals surface area contributed by atoms with Gasteiger partial charge < -0.3 is 11.1 Å². The highest BCUT2D eigenvalue weighted by molar-refractivity contribution is 5.97. The minimum Gasteiger partial charge on any atom is -0.396 e. The first-order valence-corrected chi connectivity index (χ1v) is 5.03. The summed E-state index contributed by atoms with van der Waals surface area (Å²) in [5, 5.41) is 6.73. The first-order valence-electron chi connectivity index (χ1n) is 5.03. The molecule has 0 fully saturated rings. The second kappa shape index (κ2) is 4.27. The maximum atomic E-state index is 11.8. The van der Waals surface area contributed by atoms with Crippen molar-refractivity contribution in [1.29, 1.82) is 0 Å². The summed E-state index contributed by atoms with van der Waals surface area (Å²) in [5.74, 6) is 2.12. The Morgan fingerprint density at radius 3 is 2.81 bits per heavy atom. The molecule has 0 atom stereocenters. The zero-order valence-electron chi connectivity index (χ0n) is 9.74. The van der Waals surface area contributed by atoms with Crippen molar-refractivity contribution < 1.29 is 4.79 Å². The number of carbonyl (C=O) groups excluding carboxylic acids is 1. The molecule has 0 saturated heterocycles. The van der Waals surface area contributed by atoms with Crippen molar-refractivity contribution in [2.45, 2.75) is 32.9 Å². The largest absolute Gasteiger partial charge is 0.396 e. The molecule has 1 heterocycles. The monoisotopic (exact) mass is 220 g/mol. The van der Waals surface area contributed by atoms with Crippen LogP contribution in [0.2, 0.25) is 0 Å². The van der Waals surface area contributed by atoms with Crippen LogP contribution in [0.25, 0.3) is 0 Å². The maximum Gasteiger partial charge on any atom is 0.275 e. The molecule has 0 unspecified atom stereocenters. The zero-order valence-corrected chi connectivity index (χ0v) is 9.74. The van der Waals surface area contributed by atoms with E-state index in [0.29, 0.717) is 12.2 Å². The molecule has 1 rings (SSSR count). The molecule has 86 valence electrons. The first-order chi connectivity index (χ1) is 7.39. The fourth-order valence-corrected chi connectivity index (χ4v) is 1.15. The fraction of sp³-hybridized carbons (Fsp3) is 0.455. The van der Waals surface area contributed by atoms with Gasteiger partial charge in [0.1, 0.15) is 0 Å². The van der Waals surface area contributed by atoms with Crippen LogP contribution < -0.4 is 11.1 Å². The van der Waals surface area contributed by atoms with Gasteiger partial charge >= 0.3 is 0 Å². The lowest BCUT2D eigenvalue weighted by Crippen LogP contribution is -2.42. The number of nitrogens with two attached hydrogens (primary N) is 1. The second-order valence-corrected chi connectivity index (χ2v) is 4.01. The van der Waals surface area contributed by atoms with Crippen LogP contribution in [0, 0.1) is 12.3 Å². The Morgan fingerprint density at radius 1 is 1.75 bits per heavy atom. The van der Waals surface area contributed by atoms with Gasteiger partial charge in [-0.05, 0) is 20.8 Å². The average Bonchev–Trinajstić information content (AvgIpc) is 2.59. The Morgan fingerprint density at radius 2 is 2.38 bits per heavy atom. The van der Waals surface area contributed by atoms with Crippen molar-refractivity contribution >= 4 is 11.6 Å². The Balaban J connectivity index is 2.90. The molecular weight excluding hydrogens is 204 g/mol. The van der Waals surface area contributed by atoms with Gasteiger partial charge in [0.05, 0.1) is 11.2 Å². The van der Waals surface area contributed by atoms with E-state index >= 15 is 0 Å². The van der Waals surface area contributed by atoms with E-state index in [9.17, 15) is 4.79 Å². The molecule has 3 N–H and O–H groups in total. The molecule has 1 aromatic heterocycles. The second-order valence-electron chi connectivity index (χ2n) is 4.01. The van der Waals surface area contributed by atoms with Crippen LogP contribution in [-0.4, -0.2) is 21.2 Å². The van der Waals surface area contributed by atoms with E-state index < -0.39 is 5.54 Å². The first kappa shape index (κ1) is 12.1. The number of nitrogens with zero attached hydrogens (tertiary/aromatic N) is 2. The zero-order chi connectivity index (χ0) is 12.3.